The lowest BCUT2D eigenvalue weighted by atomic mass is 10.3. The van der Waals surface area contributed by atoms with Crippen LogP contribution in [0.15, 0.2) is 22.7 Å². The molecule has 3 nitrogen and oxygen atoms in total. The van der Waals surface area contributed by atoms with Crippen molar-refractivity contribution in [3.63, 3.8) is 0 Å². The first-order chi connectivity index (χ1) is 6.72. The highest BCUT2D eigenvalue weighted by Gasteiger charge is 2.06. The molecule has 1 aromatic carbocycles. The van der Waals surface area contributed by atoms with Gasteiger partial charge in [0.2, 0.25) is 0 Å². The minimum Gasteiger partial charge on any atom is -0.330 e. The van der Waals surface area contributed by atoms with Crippen LogP contribution in [0.5, 0.6) is 0 Å². The van der Waals surface area contributed by atoms with Gasteiger partial charge in [-0.05, 0) is 18.2 Å². The fourth-order valence-corrected chi connectivity index (χ4v) is 1.80. The third-order valence-corrected chi connectivity index (χ3v) is 2.67. The minimum absolute atomic E-state index is 0.350. The number of aromatic nitrogens is 2. The van der Waals surface area contributed by atoms with Crippen molar-refractivity contribution >= 4 is 27.0 Å². The molecule has 0 spiro atoms. The summed E-state index contributed by atoms with van der Waals surface area (Å²) in [5.74, 6) is 0.806. The van der Waals surface area contributed by atoms with Crippen molar-refractivity contribution in [1.82, 2.24) is 9.55 Å². The van der Waals surface area contributed by atoms with Crippen molar-refractivity contribution in [3.8, 4) is 6.07 Å². The second-order valence-corrected chi connectivity index (χ2v) is 3.97. The number of nitrogens with zero attached hydrogens (tertiary/aromatic N) is 3. The van der Waals surface area contributed by atoms with Crippen molar-refractivity contribution in [2.75, 3.05) is 0 Å². The third kappa shape index (κ3) is 1.40. The zero-order chi connectivity index (χ0) is 10.1. The topological polar surface area (TPSA) is 41.6 Å². The average molecular weight is 250 g/mol. The normalized spacial score (nSPS) is 10.4. The Balaban J connectivity index is 2.68. The van der Waals surface area contributed by atoms with Gasteiger partial charge in [0.15, 0.2) is 0 Å². The van der Waals surface area contributed by atoms with E-state index in [4.69, 9.17) is 5.26 Å². The van der Waals surface area contributed by atoms with E-state index in [0.717, 1.165) is 21.3 Å². The van der Waals surface area contributed by atoms with Crippen LogP contribution in [0.25, 0.3) is 11.0 Å². The fourth-order valence-electron chi connectivity index (χ4n) is 1.45. The molecule has 0 amide bonds. The van der Waals surface area contributed by atoms with Crippen molar-refractivity contribution < 1.29 is 0 Å². The van der Waals surface area contributed by atoms with Gasteiger partial charge in [0, 0.05) is 11.5 Å². The van der Waals surface area contributed by atoms with Crippen LogP contribution >= 0.6 is 15.9 Å². The first-order valence-electron chi connectivity index (χ1n) is 4.20. The molecular formula is C10H8BrN3. The van der Waals surface area contributed by atoms with E-state index in [-0.39, 0.29) is 0 Å². The summed E-state index contributed by atoms with van der Waals surface area (Å²) in [5, 5.41) is 8.61. The second-order valence-electron chi connectivity index (χ2n) is 3.05. The molecule has 1 heterocycles. The number of hydrogen-bond acceptors (Lipinski definition) is 2. The van der Waals surface area contributed by atoms with Crippen molar-refractivity contribution in [3.05, 3.63) is 28.5 Å². The molecule has 4 heteroatoms. The van der Waals surface area contributed by atoms with Crippen molar-refractivity contribution in [1.29, 1.82) is 5.26 Å². The standard InChI is InChI=1S/C10H8BrN3/c1-14-9-3-2-7(11)6-8(9)13-10(14)4-5-12/h2-3,6H,4H2,1H3. The highest BCUT2D eigenvalue weighted by molar-refractivity contribution is 9.10. The summed E-state index contributed by atoms with van der Waals surface area (Å²) >= 11 is 3.39. The number of aryl methyl sites for hydroxylation is 1. The molecule has 0 aliphatic rings. The van der Waals surface area contributed by atoms with Crippen LogP contribution in [-0.2, 0) is 13.5 Å². The first-order valence-corrected chi connectivity index (χ1v) is 4.99. The Labute approximate surface area is 90.1 Å². The summed E-state index contributed by atoms with van der Waals surface area (Å²) in [4.78, 5) is 4.37. The van der Waals surface area contributed by atoms with E-state index < -0.39 is 0 Å². The summed E-state index contributed by atoms with van der Waals surface area (Å²) in [6.07, 6.45) is 0.350. The SMILES string of the molecule is Cn1c(CC#N)nc2cc(Br)ccc21. The van der Waals surface area contributed by atoms with E-state index >= 15 is 0 Å². The Bertz CT molecular complexity index is 522. The monoisotopic (exact) mass is 249 g/mol. The van der Waals surface area contributed by atoms with Gasteiger partial charge in [0.1, 0.15) is 5.82 Å². The lowest BCUT2D eigenvalue weighted by Gasteiger charge is -1.96. The maximum absolute atomic E-state index is 8.61. The fraction of sp³-hybridized carbons (Fsp3) is 0.200. The summed E-state index contributed by atoms with van der Waals surface area (Å²) in [6, 6.07) is 8.03. The predicted molar refractivity (Wildman–Crippen MR) is 57.7 cm³/mol. The Kier molecular flexibility index (Phi) is 2.26. The number of imidazole rings is 1. The van der Waals surface area contributed by atoms with Gasteiger partial charge in [-0.3, -0.25) is 0 Å². The molecule has 0 aliphatic carbocycles. The zero-order valence-electron chi connectivity index (χ0n) is 7.66. The van der Waals surface area contributed by atoms with Gasteiger partial charge in [-0.25, -0.2) is 4.98 Å². The van der Waals surface area contributed by atoms with E-state index in [1.165, 1.54) is 0 Å². The van der Waals surface area contributed by atoms with E-state index in [0.29, 0.717) is 6.42 Å². The van der Waals surface area contributed by atoms with Crippen LogP contribution in [0, 0.1) is 11.3 Å². The molecule has 0 fully saturated rings. The maximum atomic E-state index is 8.61. The molecule has 2 aromatic rings. The number of nitriles is 1. The molecule has 14 heavy (non-hydrogen) atoms. The molecule has 0 bridgehead atoms. The molecule has 0 atom stereocenters. The molecule has 2 rings (SSSR count). The highest BCUT2D eigenvalue weighted by atomic mass is 79.9. The van der Waals surface area contributed by atoms with Crippen LogP contribution in [0.4, 0.5) is 0 Å². The largest absolute Gasteiger partial charge is 0.330 e. The number of halogens is 1. The smallest absolute Gasteiger partial charge is 0.123 e. The molecule has 0 unspecified atom stereocenters. The average Bonchev–Trinajstić information content (AvgIpc) is 2.44. The van der Waals surface area contributed by atoms with E-state index in [1.54, 1.807) is 0 Å². The minimum atomic E-state index is 0.350. The van der Waals surface area contributed by atoms with Gasteiger partial charge in [-0.1, -0.05) is 15.9 Å². The van der Waals surface area contributed by atoms with E-state index in [2.05, 4.69) is 27.0 Å². The quantitative estimate of drug-likeness (QED) is 0.779. The molecule has 0 radical (unpaired) electrons. The van der Waals surface area contributed by atoms with E-state index in [9.17, 15) is 0 Å². The number of hydrogen-bond donors (Lipinski definition) is 0. The van der Waals surface area contributed by atoms with Gasteiger partial charge in [-0.15, -0.1) is 0 Å². The Morgan fingerprint density at radius 1 is 1.57 bits per heavy atom. The molecular weight excluding hydrogens is 242 g/mol. The molecule has 0 aliphatic heterocycles. The molecule has 0 saturated carbocycles. The molecule has 0 saturated heterocycles. The van der Waals surface area contributed by atoms with E-state index in [1.807, 2.05) is 29.8 Å². The lowest BCUT2D eigenvalue weighted by Crippen LogP contribution is -1.95. The molecule has 70 valence electrons. The Morgan fingerprint density at radius 3 is 3.07 bits per heavy atom. The second kappa shape index (κ2) is 3.43. The van der Waals surface area contributed by atoms with Crippen LogP contribution in [-0.4, -0.2) is 9.55 Å². The van der Waals surface area contributed by atoms with Crippen LogP contribution in [0.1, 0.15) is 5.82 Å². The maximum Gasteiger partial charge on any atom is 0.123 e. The summed E-state index contributed by atoms with van der Waals surface area (Å²) in [7, 11) is 1.93. The van der Waals surface area contributed by atoms with Crippen molar-refractivity contribution in [2.45, 2.75) is 6.42 Å². The summed E-state index contributed by atoms with van der Waals surface area (Å²) in [5.41, 5.74) is 1.98. The molecule has 0 N–H and O–H groups in total. The number of benzene rings is 1. The number of fused-ring (bicyclic) bond motifs is 1. The zero-order valence-corrected chi connectivity index (χ0v) is 9.24. The first kappa shape index (κ1) is 9.22. The lowest BCUT2D eigenvalue weighted by molar-refractivity contribution is 0.857. The van der Waals surface area contributed by atoms with Gasteiger partial charge in [-0.2, -0.15) is 5.26 Å². The van der Waals surface area contributed by atoms with Gasteiger partial charge in [0.05, 0.1) is 23.5 Å². The summed E-state index contributed by atoms with van der Waals surface area (Å²) < 4.78 is 2.96. The van der Waals surface area contributed by atoms with Gasteiger partial charge >= 0.3 is 0 Å². The highest BCUT2D eigenvalue weighted by Crippen LogP contribution is 2.19. The number of rotatable bonds is 1. The van der Waals surface area contributed by atoms with Crippen LogP contribution in [0.3, 0.4) is 0 Å². The van der Waals surface area contributed by atoms with Gasteiger partial charge < -0.3 is 4.57 Å². The third-order valence-electron chi connectivity index (χ3n) is 2.17. The van der Waals surface area contributed by atoms with Crippen LogP contribution < -0.4 is 0 Å². The van der Waals surface area contributed by atoms with Crippen molar-refractivity contribution in [2.24, 2.45) is 7.05 Å². The predicted octanol–water partition coefficient (Wildman–Crippen LogP) is 2.40. The molecule has 1 aromatic heterocycles. The van der Waals surface area contributed by atoms with Crippen LogP contribution in [0.2, 0.25) is 0 Å². The van der Waals surface area contributed by atoms with Gasteiger partial charge in [0.25, 0.3) is 0 Å². The Hall–Kier alpha value is -1.34. The Morgan fingerprint density at radius 2 is 2.36 bits per heavy atom. The summed E-state index contributed by atoms with van der Waals surface area (Å²) in [6.45, 7) is 0.